The average molecular weight is 304 g/mol. The van der Waals surface area contributed by atoms with Crippen LogP contribution >= 0.6 is 0 Å². The Morgan fingerprint density at radius 2 is 2.10 bits per heavy atom. The number of aryl methyl sites for hydroxylation is 1. The zero-order valence-corrected chi connectivity index (χ0v) is 11.8. The minimum absolute atomic E-state index is 0.0331. The van der Waals surface area contributed by atoms with Gasteiger partial charge < -0.3 is 5.11 Å². The molecule has 21 heavy (non-hydrogen) atoms. The summed E-state index contributed by atoms with van der Waals surface area (Å²) in [5.41, 5.74) is 1.62. The fraction of sp³-hybridized carbons (Fsp3) is 0.0769. The molecule has 2 aromatic heterocycles. The smallest absolute Gasteiger partial charge is 0.265 e. The van der Waals surface area contributed by atoms with Crippen LogP contribution in [0.25, 0.3) is 10.9 Å². The molecule has 0 aliphatic carbocycles. The van der Waals surface area contributed by atoms with Gasteiger partial charge in [-0.1, -0.05) is 0 Å². The molecule has 0 spiro atoms. The van der Waals surface area contributed by atoms with Gasteiger partial charge in [-0.05, 0) is 31.2 Å². The number of H-pyrrole nitrogens is 1. The van der Waals surface area contributed by atoms with Gasteiger partial charge in [-0.3, -0.25) is 9.82 Å². The number of aromatic amines is 1. The van der Waals surface area contributed by atoms with E-state index in [-0.39, 0.29) is 10.8 Å². The minimum atomic E-state index is -3.67. The largest absolute Gasteiger partial charge is 0.493 e. The van der Waals surface area contributed by atoms with Crippen LogP contribution in [0.5, 0.6) is 5.88 Å². The predicted molar refractivity (Wildman–Crippen MR) is 77.5 cm³/mol. The van der Waals surface area contributed by atoms with Crippen LogP contribution in [0.2, 0.25) is 0 Å². The van der Waals surface area contributed by atoms with E-state index in [1.807, 2.05) is 0 Å². The summed E-state index contributed by atoms with van der Waals surface area (Å²) in [6.45, 7) is 1.73. The number of aromatic hydroxyl groups is 1. The predicted octanol–water partition coefficient (Wildman–Crippen LogP) is 1.77. The first-order valence-corrected chi connectivity index (χ1v) is 7.56. The Bertz CT molecular complexity index is 905. The van der Waals surface area contributed by atoms with Gasteiger partial charge in [-0.15, -0.1) is 0 Å². The Morgan fingerprint density at radius 3 is 2.81 bits per heavy atom. The van der Waals surface area contributed by atoms with Gasteiger partial charge in [0.2, 0.25) is 5.88 Å². The second kappa shape index (κ2) is 4.74. The molecule has 2 heterocycles. The number of sulfonamides is 1. The van der Waals surface area contributed by atoms with Gasteiger partial charge in [0.1, 0.15) is 4.90 Å². The summed E-state index contributed by atoms with van der Waals surface area (Å²) in [4.78, 5) is 4.08. The third-order valence-corrected chi connectivity index (χ3v) is 4.36. The highest BCUT2D eigenvalue weighted by Gasteiger charge is 2.15. The molecule has 0 radical (unpaired) electrons. The summed E-state index contributed by atoms with van der Waals surface area (Å²) in [6.07, 6.45) is 2.53. The van der Waals surface area contributed by atoms with E-state index in [0.717, 1.165) is 5.39 Å². The monoisotopic (exact) mass is 304 g/mol. The van der Waals surface area contributed by atoms with E-state index in [1.54, 1.807) is 31.2 Å². The number of hydrogen-bond acceptors (Lipinski definition) is 5. The van der Waals surface area contributed by atoms with Gasteiger partial charge in [0, 0.05) is 22.8 Å². The van der Waals surface area contributed by atoms with Crippen LogP contribution in [0.15, 0.2) is 41.6 Å². The number of fused-ring (bicyclic) bond motifs is 1. The number of hydrogen-bond donors (Lipinski definition) is 3. The molecule has 7 nitrogen and oxygen atoms in total. The van der Waals surface area contributed by atoms with Gasteiger partial charge in [-0.2, -0.15) is 5.10 Å². The summed E-state index contributed by atoms with van der Waals surface area (Å²) in [5.74, 6) is -0.0331. The molecule has 0 amide bonds. The fourth-order valence-electron chi connectivity index (χ4n) is 1.94. The molecule has 3 N–H and O–H groups in total. The Labute approximate surface area is 120 Å². The van der Waals surface area contributed by atoms with E-state index in [1.165, 1.54) is 12.4 Å². The van der Waals surface area contributed by atoms with Crippen molar-refractivity contribution in [1.29, 1.82) is 0 Å². The maximum absolute atomic E-state index is 12.1. The first-order chi connectivity index (χ1) is 9.95. The molecule has 0 unspecified atom stereocenters. The highest BCUT2D eigenvalue weighted by Crippen LogP contribution is 2.24. The molecule has 0 atom stereocenters. The summed E-state index contributed by atoms with van der Waals surface area (Å²) >= 11 is 0. The number of nitrogens with zero attached hydrogens (tertiary/aromatic N) is 2. The van der Waals surface area contributed by atoms with Gasteiger partial charge in [0.05, 0.1) is 11.7 Å². The second-order valence-electron chi connectivity index (χ2n) is 4.58. The lowest BCUT2D eigenvalue weighted by Gasteiger charge is -2.08. The van der Waals surface area contributed by atoms with E-state index in [2.05, 4.69) is 19.9 Å². The number of anilines is 1. The molecule has 3 rings (SSSR count). The minimum Gasteiger partial charge on any atom is -0.493 e. The van der Waals surface area contributed by atoms with Crippen LogP contribution in [0.3, 0.4) is 0 Å². The first kappa shape index (κ1) is 13.4. The third-order valence-electron chi connectivity index (χ3n) is 3.01. The van der Waals surface area contributed by atoms with E-state index >= 15 is 0 Å². The van der Waals surface area contributed by atoms with Gasteiger partial charge in [0.15, 0.2) is 0 Å². The number of pyridine rings is 1. The van der Waals surface area contributed by atoms with Crippen molar-refractivity contribution in [2.75, 3.05) is 4.72 Å². The van der Waals surface area contributed by atoms with E-state index < -0.39 is 10.0 Å². The van der Waals surface area contributed by atoms with Crippen molar-refractivity contribution in [1.82, 2.24) is 15.2 Å². The summed E-state index contributed by atoms with van der Waals surface area (Å²) < 4.78 is 26.7. The van der Waals surface area contributed by atoms with Crippen molar-refractivity contribution < 1.29 is 13.5 Å². The highest BCUT2D eigenvalue weighted by atomic mass is 32.2. The molecular weight excluding hydrogens is 292 g/mol. The summed E-state index contributed by atoms with van der Waals surface area (Å²) in [7, 11) is -3.67. The van der Waals surface area contributed by atoms with Crippen LogP contribution in [0.1, 0.15) is 5.56 Å². The SMILES string of the molecule is Cc1cc2cc(NS(=O)(=O)c3cn[nH]c3)ccc2nc1O. The molecule has 108 valence electrons. The van der Waals surface area contributed by atoms with Crippen LogP contribution < -0.4 is 4.72 Å². The number of aromatic nitrogens is 3. The topological polar surface area (TPSA) is 108 Å². The third kappa shape index (κ3) is 2.52. The molecule has 0 bridgehead atoms. The van der Waals surface area contributed by atoms with Crippen molar-refractivity contribution in [2.45, 2.75) is 11.8 Å². The standard InChI is InChI=1S/C13H12N4O3S/c1-8-4-9-5-10(2-3-12(9)16-13(8)18)17-21(19,20)11-6-14-15-7-11/h2-7,17H,1H3,(H,14,15)(H,16,18). The molecular formula is C13H12N4O3S. The highest BCUT2D eigenvalue weighted by molar-refractivity contribution is 7.92. The van der Waals surface area contributed by atoms with Gasteiger partial charge >= 0.3 is 0 Å². The summed E-state index contributed by atoms with van der Waals surface area (Å²) in [6, 6.07) is 6.63. The van der Waals surface area contributed by atoms with Crippen LogP contribution in [0.4, 0.5) is 5.69 Å². The van der Waals surface area contributed by atoms with Gasteiger partial charge in [-0.25, -0.2) is 13.4 Å². The Morgan fingerprint density at radius 1 is 1.29 bits per heavy atom. The van der Waals surface area contributed by atoms with Crippen LogP contribution in [-0.2, 0) is 10.0 Å². The van der Waals surface area contributed by atoms with Crippen molar-refractivity contribution in [3.05, 3.63) is 42.2 Å². The van der Waals surface area contributed by atoms with E-state index in [0.29, 0.717) is 16.8 Å². The Kier molecular flexibility index (Phi) is 3.02. The van der Waals surface area contributed by atoms with Crippen molar-refractivity contribution >= 4 is 26.6 Å². The molecule has 8 heteroatoms. The molecule has 0 aliphatic heterocycles. The average Bonchev–Trinajstić information content (AvgIpc) is 2.95. The van der Waals surface area contributed by atoms with Crippen molar-refractivity contribution in [3.63, 3.8) is 0 Å². The van der Waals surface area contributed by atoms with Crippen molar-refractivity contribution in [2.24, 2.45) is 0 Å². The molecule has 3 aromatic rings. The fourth-order valence-corrected chi connectivity index (χ4v) is 2.89. The molecule has 0 saturated carbocycles. The van der Waals surface area contributed by atoms with Crippen LogP contribution in [0, 0.1) is 6.92 Å². The van der Waals surface area contributed by atoms with Crippen molar-refractivity contribution in [3.8, 4) is 5.88 Å². The maximum atomic E-state index is 12.1. The van der Waals surface area contributed by atoms with Gasteiger partial charge in [0.25, 0.3) is 10.0 Å². The zero-order chi connectivity index (χ0) is 15.0. The quantitative estimate of drug-likeness (QED) is 0.683. The zero-order valence-electron chi connectivity index (χ0n) is 11.0. The molecule has 0 fully saturated rings. The maximum Gasteiger partial charge on any atom is 0.265 e. The molecule has 1 aromatic carbocycles. The number of rotatable bonds is 3. The van der Waals surface area contributed by atoms with E-state index in [4.69, 9.17) is 0 Å². The molecule has 0 saturated heterocycles. The second-order valence-corrected chi connectivity index (χ2v) is 6.26. The van der Waals surface area contributed by atoms with E-state index in [9.17, 15) is 13.5 Å². The summed E-state index contributed by atoms with van der Waals surface area (Å²) in [5, 5.41) is 16.4. The number of nitrogens with one attached hydrogen (secondary N) is 2. The van der Waals surface area contributed by atoms with Crippen LogP contribution in [-0.4, -0.2) is 28.7 Å². The Balaban J connectivity index is 2.00. The Hall–Kier alpha value is -2.61. The lowest BCUT2D eigenvalue weighted by atomic mass is 10.1. The lowest BCUT2D eigenvalue weighted by Crippen LogP contribution is -2.12. The number of benzene rings is 1. The lowest BCUT2D eigenvalue weighted by molar-refractivity contribution is 0.451. The molecule has 0 aliphatic rings. The first-order valence-electron chi connectivity index (χ1n) is 6.08. The normalized spacial score (nSPS) is 11.7.